The van der Waals surface area contributed by atoms with Gasteiger partial charge in [-0.25, -0.2) is 4.98 Å². The second-order valence-corrected chi connectivity index (χ2v) is 9.85. The molecule has 0 saturated carbocycles. The van der Waals surface area contributed by atoms with Crippen molar-refractivity contribution in [2.45, 2.75) is 51.4 Å². The van der Waals surface area contributed by atoms with Crippen LogP contribution in [-0.2, 0) is 6.42 Å². The molecule has 0 bridgehead atoms. The number of nitrogens with one attached hydrogen (secondary N) is 2. The predicted octanol–water partition coefficient (Wildman–Crippen LogP) is 6.53. The number of hydrogen-bond acceptors (Lipinski definition) is 4. The molecule has 8 heteroatoms. The number of carbonyl (C=O) groups is 1. The van der Waals surface area contributed by atoms with E-state index < -0.39 is 0 Å². The molecule has 3 heterocycles. The standard InChI is InChI=1S/C30H36N6O.ClH/c37-29(25-13-11-12-24(20-25)26-21-31-32-22-26)34-30-33-27(23-36(30)28-15-6-3-7-16-28)14-5-1-2-8-17-35-18-9-4-10-19-35;/h3,6-7,11-13,15-16,20-23H,1-2,4-5,8-10,14,17-19H2,(H,31,32)(H,33,34,37);1H. The Kier molecular flexibility index (Phi) is 10.1. The summed E-state index contributed by atoms with van der Waals surface area (Å²) in [7, 11) is 0. The Balaban J connectivity index is 0.00000336. The van der Waals surface area contributed by atoms with Crippen LogP contribution in [0.2, 0.25) is 0 Å². The van der Waals surface area contributed by atoms with Gasteiger partial charge in [0.1, 0.15) is 0 Å². The fraction of sp³-hybridized carbons (Fsp3) is 0.367. The SMILES string of the molecule is Cl.O=C(Nc1nc(CCCCCCN2CCCCC2)cn1-c1ccccc1)c1cccc(-c2cn[nH]c2)c1. The van der Waals surface area contributed by atoms with E-state index in [0.717, 1.165) is 35.3 Å². The second kappa shape index (κ2) is 13.9. The number of rotatable bonds is 11. The molecule has 2 aromatic heterocycles. The van der Waals surface area contributed by atoms with Crippen molar-refractivity contribution in [2.24, 2.45) is 0 Å². The molecule has 200 valence electrons. The Hall–Kier alpha value is -3.42. The number of aromatic amines is 1. The lowest BCUT2D eigenvalue weighted by Gasteiger charge is -2.26. The number of benzene rings is 2. The molecule has 1 amide bonds. The minimum Gasteiger partial charge on any atom is -0.303 e. The first-order chi connectivity index (χ1) is 18.3. The molecule has 7 nitrogen and oxygen atoms in total. The molecule has 0 atom stereocenters. The maximum atomic E-state index is 13.2. The molecule has 4 aromatic rings. The summed E-state index contributed by atoms with van der Waals surface area (Å²) in [6.45, 7) is 3.79. The summed E-state index contributed by atoms with van der Waals surface area (Å²) >= 11 is 0. The van der Waals surface area contributed by atoms with Gasteiger partial charge in [-0.2, -0.15) is 5.10 Å². The number of anilines is 1. The number of amides is 1. The third-order valence-electron chi connectivity index (χ3n) is 7.08. The molecule has 0 spiro atoms. The quantitative estimate of drug-likeness (QED) is 0.215. The van der Waals surface area contributed by atoms with Gasteiger partial charge in [-0.3, -0.25) is 19.8 Å². The van der Waals surface area contributed by atoms with E-state index >= 15 is 0 Å². The zero-order chi connectivity index (χ0) is 25.3. The number of aryl methyl sites for hydroxylation is 1. The molecule has 5 rings (SSSR count). The van der Waals surface area contributed by atoms with Crippen LogP contribution < -0.4 is 5.32 Å². The fourth-order valence-electron chi connectivity index (χ4n) is 5.02. The average Bonchev–Trinajstić information content (AvgIpc) is 3.63. The third-order valence-corrected chi connectivity index (χ3v) is 7.08. The molecule has 38 heavy (non-hydrogen) atoms. The Labute approximate surface area is 231 Å². The van der Waals surface area contributed by atoms with Crippen LogP contribution in [0.15, 0.2) is 73.2 Å². The van der Waals surface area contributed by atoms with Gasteiger partial charge in [0.15, 0.2) is 0 Å². The van der Waals surface area contributed by atoms with Gasteiger partial charge in [0.2, 0.25) is 5.95 Å². The van der Waals surface area contributed by atoms with Crippen molar-refractivity contribution in [2.75, 3.05) is 25.0 Å². The molecule has 0 unspecified atom stereocenters. The highest BCUT2D eigenvalue weighted by molar-refractivity contribution is 6.04. The van der Waals surface area contributed by atoms with E-state index in [-0.39, 0.29) is 18.3 Å². The Bertz CT molecular complexity index is 1270. The first-order valence-electron chi connectivity index (χ1n) is 13.5. The number of halogens is 1. The van der Waals surface area contributed by atoms with E-state index in [1.807, 2.05) is 65.4 Å². The number of likely N-dealkylation sites (tertiary alicyclic amines) is 1. The number of carbonyl (C=O) groups excluding carboxylic acids is 1. The maximum absolute atomic E-state index is 13.2. The Morgan fingerprint density at radius 3 is 2.53 bits per heavy atom. The molecule has 0 radical (unpaired) electrons. The molecular weight excluding hydrogens is 496 g/mol. The van der Waals surface area contributed by atoms with Gasteiger partial charge in [-0.05, 0) is 81.6 Å². The van der Waals surface area contributed by atoms with Crippen molar-refractivity contribution in [3.63, 3.8) is 0 Å². The Morgan fingerprint density at radius 2 is 1.74 bits per heavy atom. The van der Waals surface area contributed by atoms with Crippen LogP contribution in [0.4, 0.5) is 5.95 Å². The Morgan fingerprint density at radius 1 is 0.921 bits per heavy atom. The number of nitrogens with zero attached hydrogens (tertiary/aromatic N) is 4. The lowest BCUT2D eigenvalue weighted by atomic mass is 10.1. The summed E-state index contributed by atoms with van der Waals surface area (Å²) in [5.41, 5.74) is 4.44. The van der Waals surface area contributed by atoms with E-state index in [0.29, 0.717) is 11.5 Å². The normalized spacial score (nSPS) is 13.7. The van der Waals surface area contributed by atoms with E-state index in [1.54, 1.807) is 6.20 Å². The minimum atomic E-state index is -0.183. The monoisotopic (exact) mass is 532 g/mol. The highest BCUT2D eigenvalue weighted by atomic mass is 35.5. The lowest BCUT2D eigenvalue weighted by Crippen LogP contribution is -2.30. The zero-order valence-corrected chi connectivity index (χ0v) is 22.6. The zero-order valence-electron chi connectivity index (χ0n) is 21.8. The number of para-hydroxylation sites is 1. The molecular formula is C30H37ClN6O. The molecule has 1 fully saturated rings. The van der Waals surface area contributed by atoms with E-state index in [2.05, 4.69) is 26.6 Å². The summed E-state index contributed by atoms with van der Waals surface area (Å²) in [5.74, 6) is 0.363. The lowest BCUT2D eigenvalue weighted by molar-refractivity contribution is 0.102. The maximum Gasteiger partial charge on any atom is 0.258 e. The molecule has 1 aliphatic rings. The summed E-state index contributed by atoms with van der Waals surface area (Å²) in [6, 6.07) is 17.6. The van der Waals surface area contributed by atoms with Gasteiger partial charge in [0.25, 0.3) is 5.91 Å². The largest absolute Gasteiger partial charge is 0.303 e. The van der Waals surface area contributed by atoms with Crippen LogP contribution in [0, 0.1) is 0 Å². The molecule has 2 N–H and O–H groups in total. The molecule has 2 aromatic carbocycles. The van der Waals surface area contributed by atoms with Crippen LogP contribution in [0.25, 0.3) is 16.8 Å². The van der Waals surface area contributed by atoms with Crippen LogP contribution >= 0.6 is 12.4 Å². The van der Waals surface area contributed by atoms with E-state index in [4.69, 9.17) is 4.98 Å². The van der Waals surface area contributed by atoms with Crippen LogP contribution in [0.5, 0.6) is 0 Å². The van der Waals surface area contributed by atoms with E-state index in [9.17, 15) is 4.79 Å². The van der Waals surface area contributed by atoms with Gasteiger partial charge in [-0.1, -0.05) is 49.6 Å². The second-order valence-electron chi connectivity index (χ2n) is 9.85. The molecule has 1 aliphatic heterocycles. The third kappa shape index (κ3) is 7.33. The number of unbranched alkanes of at least 4 members (excludes halogenated alkanes) is 3. The van der Waals surface area contributed by atoms with Crippen molar-refractivity contribution in [3.8, 4) is 16.8 Å². The summed E-state index contributed by atoms with van der Waals surface area (Å²) in [6.07, 6.45) is 15.5. The van der Waals surface area contributed by atoms with Crippen LogP contribution in [-0.4, -0.2) is 50.2 Å². The van der Waals surface area contributed by atoms with Gasteiger partial charge < -0.3 is 4.90 Å². The smallest absolute Gasteiger partial charge is 0.258 e. The van der Waals surface area contributed by atoms with Gasteiger partial charge in [-0.15, -0.1) is 12.4 Å². The number of aromatic nitrogens is 4. The first-order valence-corrected chi connectivity index (χ1v) is 13.5. The highest BCUT2D eigenvalue weighted by Crippen LogP contribution is 2.22. The summed E-state index contributed by atoms with van der Waals surface area (Å²) in [5, 5.41) is 9.88. The van der Waals surface area contributed by atoms with E-state index in [1.165, 1.54) is 58.2 Å². The van der Waals surface area contributed by atoms with Gasteiger partial charge in [0.05, 0.1) is 11.9 Å². The van der Waals surface area contributed by atoms with Crippen molar-refractivity contribution in [1.82, 2.24) is 24.6 Å². The number of H-pyrrole nitrogens is 1. The topological polar surface area (TPSA) is 78.8 Å². The fourth-order valence-corrected chi connectivity index (χ4v) is 5.02. The summed E-state index contributed by atoms with van der Waals surface area (Å²) < 4.78 is 1.98. The molecule has 1 saturated heterocycles. The van der Waals surface area contributed by atoms with Crippen molar-refractivity contribution in [1.29, 1.82) is 0 Å². The summed E-state index contributed by atoms with van der Waals surface area (Å²) in [4.78, 5) is 20.6. The molecule has 0 aliphatic carbocycles. The number of hydrogen-bond donors (Lipinski definition) is 2. The predicted molar refractivity (Wildman–Crippen MR) is 155 cm³/mol. The number of imidazole rings is 1. The average molecular weight is 533 g/mol. The van der Waals surface area contributed by atoms with Crippen molar-refractivity contribution < 1.29 is 4.79 Å². The minimum absolute atomic E-state index is 0. The van der Waals surface area contributed by atoms with Gasteiger partial charge in [0, 0.05) is 29.2 Å². The van der Waals surface area contributed by atoms with Crippen molar-refractivity contribution in [3.05, 3.63) is 84.4 Å². The van der Waals surface area contributed by atoms with Crippen LogP contribution in [0.1, 0.15) is 61.0 Å². The van der Waals surface area contributed by atoms with Gasteiger partial charge >= 0.3 is 0 Å². The van der Waals surface area contributed by atoms with Crippen LogP contribution in [0.3, 0.4) is 0 Å². The number of piperidine rings is 1. The van der Waals surface area contributed by atoms with Crippen molar-refractivity contribution >= 4 is 24.3 Å². The highest BCUT2D eigenvalue weighted by Gasteiger charge is 2.15. The first kappa shape index (κ1) is 27.6.